The van der Waals surface area contributed by atoms with Crippen LogP contribution in [-0.4, -0.2) is 19.1 Å². The second-order valence-electron chi connectivity index (χ2n) is 5.71. The fraction of sp³-hybridized carbons (Fsp3) is 0.818. The molecule has 1 saturated carbocycles. The van der Waals surface area contributed by atoms with E-state index in [1.807, 2.05) is 27.7 Å². The summed E-state index contributed by atoms with van der Waals surface area (Å²) < 4.78 is 19.9. The molecule has 0 saturated heterocycles. The number of rotatable bonds is 4. The van der Waals surface area contributed by atoms with Crippen LogP contribution in [0.2, 0.25) is 0 Å². The molecule has 1 aromatic heterocycles. The van der Waals surface area contributed by atoms with Crippen LogP contribution in [0.15, 0.2) is 10.9 Å². The molecule has 1 fully saturated rings. The molecular weight excluding hydrogens is 238 g/mol. The molecule has 2 atom stereocenters. The molecule has 0 amide bonds. The summed E-state index contributed by atoms with van der Waals surface area (Å²) in [7, 11) is -1.14. The Morgan fingerprint density at radius 3 is 2.47 bits per heavy atom. The van der Waals surface area contributed by atoms with Gasteiger partial charge < -0.3 is 4.52 Å². The Morgan fingerprint density at radius 1 is 1.41 bits per heavy atom. The van der Waals surface area contributed by atoms with Gasteiger partial charge in [-0.05, 0) is 46.5 Å². The summed E-state index contributed by atoms with van der Waals surface area (Å²) in [6.07, 6.45) is 3.54. The Balaban J connectivity index is 2.22. The van der Waals surface area contributed by atoms with Crippen molar-refractivity contribution in [3.05, 3.63) is 12.2 Å². The third-order valence-corrected chi connectivity index (χ3v) is 4.80. The lowest BCUT2D eigenvalue weighted by molar-refractivity contribution is 0.330. The summed E-state index contributed by atoms with van der Waals surface area (Å²) in [5.41, 5.74) is -0.453. The van der Waals surface area contributed by atoms with Crippen molar-refractivity contribution in [1.82, 2.24) is 14.9 Å². The van der Waals surface area contributed by atoms with E-state index in [-0.39, 0.29) is 4.75 Å². The first-order valence-corrected chi connectivity index (χ1v) is 6.95. The van der Waals surface area contributed by atoms with Gasteiger partial charge in [0.1, 0.15) is 0 Å². The zero-order valence-corrected chi connectivity index (χ0v) is 11.5. The average molecular weight is 257 g/mol. The fourth-order valence-electron chi connectivity index (χ4n) is 1.72. The first-order chi connectivity index (χ1) is 7.84. The minimum atomic E-state index is -1.14. The van der Waals surface area contributed by atoms with Crippen molar-refractivity contribution in [2.45, 2.75) is 50.8 Å². The number of aromatic nitrogens is 2. The Morgan fingerprint density at radius 2 is 2.06 bits per heavy atom. The summed E-state index contributed by atoms with van der Waals surface area (Å²) in [6, 6.07) is 0. The highest BCUT2D eigenvalue weighted by Gasteiger charge is 2.47. The molecule has 1 aliphatic carbocycles. The molecule has 1 unspecified atom stereocenters. The molecule has 6 heteroatoms. The van der Waals surface area contributed by atoms with E-state index in [0.29, 0.717) is 11.7 Å². The molecule has 5 nitrogen and oxygen atoms in total. The number of nitrogens with zero attached hydrogens (tertiary/aromatic N) is 2. The molecule has 1 aliphatic rings. The zero-order chi connectivity index (χ0) is 12.7. The molecule has 17 heavy (non-hydrogen) atoms. The molecule has 1 heterocycles. The normalized spacial score (nSPS) is 22.1. The van der Waals surface area contributed by atoms with Crippen LogP contribution < -0.4 is 4.72 Å². The summed E-state index contributed by atoms with van der Waals surface area (Å²) in [5, 5.41) is 3.90. The summed E-state index contributed by atoms with van der Waals surface area (Å²) >= 11 is 0. The van der Waals surface area contributed by atoms with Crippen molar-refractivity contribution < 1.29 is 8.73 Å². The lowest BCUT2D eigenvalue weighted by Gasteiger charge is -2.30. The van der Waals surface area contributed by atoms with Crippen LogP contribution in [0, 0.1) is 5.92 Å². The van der Waals surface area contributed by atoms with Gasteiger partial charge >= 0.3 is 0 Å². The molecule has 1 N–H and O–H groups in total. The highest BCUT2D eigenvalue weighted by Crippen LogP contribution is 2.45. The Kier molecular flexibility index (Phi) is 3.12. The van der Waals surface area contributed by atoms with Crippen LogP contribution in [-0.2, 0) is 16.5 Å². The van der Waals surface area contributed by atoms with Gasteiger partial charge in [0.15, 0.2) is 5.82 Å². The SMILES string of the molecule is CC(N[S@](=O)C(C)(C)C)(c1ncon1)C1CC1. The lowest BCUT2D eigenvalue weighted by Crippen LogP contribution is -2.48. The molecule has 0 aromatic carbocycles. The van der Waals surface area contributed by atoms with E-state index in [1.165, 1.54) is 6.39 Å². The number of hydrogen-bond acceptors (Lipinski definition) is 4. The molecule has 0 radical (unpaired) electrons. The van der Waals surface area contributed by atoms with Crippen molar-refractivity contribution in [1.29, 1.82) is 0 Å². The van der Waals surface area contributed by atoms with Crippen molar-refractivity contribution in [2.75, 3.05) is 0 Å². The van der Waals surface area contributed by atoms with E-state index in [1.54, 1.807) is 0 Å². The van der Waals surface area contributed by atoms with E-state index < -0.39 is 16.5 Å². The van der Waals surface area contributed by atoms with Gasteiger partial charge in [0.05, 0.1) is 21.3 Å². The van der Waals surface area contributed by atoms with Gasteiger partial charge in [0.2, 0.25) is 6.39 Å². The van der Waals surface area contributed by atoms with E-state index in [0.717, 1.165) is 12.8 Å². The predicted octanol–water partition coefficient (Wildman–Crippen LogP) is 1.75. The second-order valence-corrected chi connectivity index (χ2v) is 7.68. The maximum Gasteiger partial charge on any atom is 0.213 e. The predicted molar refractivity (Wildman–Crippen MR) is 65.4 cm³/mol. The topological polar surface area (TPSA) is 68.0 Å². The first-order valence-electron chi connectivity index (χ1n) is 5.80. The average Bonchev–Trinajstić information content (AvgIpc) is 2.92. The third kappa shape index (κ3) is 2.57. The van der Waals surface area contributed by atoms with Gasteiger partial charge in [-0.1, -0.05) is 5.16 Å². The fourth-order valence-corrected chi connectivity index (χ4v) is 2.67. The Labute approximate surface area is 104 Å². The van der Waals surface area contributed by atoms with E-state index >= 15 is 0 Å². The number of hydrogen-bond donors (Lipinski definition) is 1. The van der Waals surface area contributed by atoms with Crippen LogP contribution >= 0.6 is 0 Å². The minimum absolute atomic E-state index is 0.306. The van der Waals surface area contributed by atoms with Gasteiger partial charge in [0, 0.05) is 0 Å². The largest absolute Gasteiger partial charge is 0.343 e. The molecule has 1 aromatic rings. The summed E-state index contributed by atoms with van der Waals surface area (Å²) in [4.78, 5) is 4.11. The smallest absolute Gasteiger partial charge is 0.213 e. The van der Waals surface area contributed by atoms with Gasteiger partial charge in [-0.15, -0.1) is 0 Å². The molecule has 0 aliphatic heterocycles. The van der Waals surface area contributed by atoms with Gasteiger partial charge in [-0.3, -0.25) is 0 Å². The van der Waals surface area contributed by atoms with Crippen LogP contribution in [0.25, 0.3) is 0 Å². The van der Waals surface area contributed by atoms with Crippen molar-refractivity contribution in [2.24, 2.45) is 5.92 Å². The van der Waals surface area contributed by atoms with Gasteiger partial charge in [-0.25, -0.2) is 8.93 Å². The molecule has 0 bridgehead atoms. The van der Waals surface area contributed by atoms with Crippen LogP contribution in [0.1, 0.15) is 46.4 Å². The standard InChI is InChI=1S/C11H19N3O2S/c1-10(2,3)17(15)14-11(4,8-5-6-8)9-12-7-16-13-9/h7-8,14H,5-6H2,1-4H3/t11?,17-/m1/s1. The molecule has 96 valence electrons. The van der Waals surface area contributed by atoms with Crippen molar-refractivity contribution in [3.8, 4) is 0 Å². The lowest BCUT2D eigenvalue weighted by atomic mass is 9.97. The van der Waals surface area contributed by atoms with Gasteiger partial charge in [-0.2, -0.15) is 4.98 Å². The van der Waals surface area contributed by atoms with E-state index in [2.05, 4.69) is 14.9 Å². The summed E-state index contributed by atoms with van der Waals surface area (Å²) in [5.74, 6) is 1.03. The zero-order valence-electron chi connectivity index (χ0n) is 10.7. The van der Waals surface area contributed by atoms with Gasteiger partial charge in [0.25, 0.3) is 0 Å². The second kappa shape index (κ2) is 4.17. The van der Waals surface area contributed by atoms with E-state index in [4.69, 9.17) is 4.52 Å². The summed E-state index contributed by atoms with van der Waals surface area (Å²) in [6.45, 7) is 7.83. The number of nitrogens with one attached hydrogen (secondary N) is 1. The van der Waals surface area contributed by atoms with E-state index in [9.17, 15) is 4.21 Å². The molecular formula is C11H19N3O2S. The minimum Gasteiger partial charge on any atom is -0.343 e. The first kappa shape index (κ1) is 12.7. The van der Waals surface area contributed by atoms with Crippen molar-refractivity contribution >= 4 is 11.0 Å². The van der Waals surface area contributed by atoms with Crippen LogP contribution in [0.3, 0.4) is 0 Å². The van der Waals surface area contributed by atoms with Crippen LogP contribution in [0.4, 0.5) is 0 Å². The maximum absolute atomic E-state index is 12.2. The monoisotopic (exact) mass is 257 g/mol. The Hall–Kier alpha value is -0.750. The highest BCUT2D eigenvalue weighted by molar-refractivity contribution is 7.84. The Bertz CT molecular complexity index is 409. The highest BCUT2D eigenvalue weighted by atomic mass is 32.2. The van der Waals surface area contributed by atoms with Crippen LogP contribution in [0.5, 0.6) is 0 Å². The molecule has 0 spiro atoms. The maximum atomic E-state index is 12.2. The third-order valence-electron chi connectivity index (χ3n) is 3.08. The molecule has 2 rings (SSSR count). The quantitative estimate of drug-likeness (QED) is 0.892. The van der Waals surface area contributed by atoms with Crippen molar-refractivity contribution in [3.63, 3.8) is 0 Å².